The lowest BCUT2D eigenvalue weighted by molar-refractivity contribution is -0.141. The predicted molar refractivity (Wildman–Crippen MR) is 106 cm³/mol. The van der Waals surface area contributed by atoms with Gasteiger partial charge < -0.3 is 10.2 Å². The molecular weight excluding hydrogens is 336 g/mol. The van der Waals surface area contributed by atoms with Gasteiger partial charge in [-0.15, -0.1) is 0 Å². The van der Waals surface area contributed by atoms with Crippen molar-refractivity contribution in [2.75, 3.05) is 13.1 Å². The van der Waals surface area contributed by atoms with Crippen molar-refractivity contribution in [2.24, 2.45) is 45.6 Å². The minimum absolute atomic E-state index is 0.00395. The lowest BCUT2D eigenvalue weighted by Crippen LogP contribution is -2.56. The molecule has 5 aliphatic rings. The summed E-state index contributed by atoms with van der Waals surface area (Å²) in [6.07, 6.45) is 9.47. The van der Waals surface area contributed by atoms with Gasteiger partial charge in [-0.25, -0.2) is 0 Å². The lowest BCUT2D eigenvalue weighted by Gasteiger charge is -2.61. The van der Waals surface area contributed by atoms with Gasteiger partial charge in [0.1, 0.15) is 5.78 Å². The third-order valence-corrected chi connectivity index (χ3v) is 9.65. The molecule has 0 spiro atoms. The number of fused-ring (bicyclic) bond motifs is 5. The highest BCUT2D eigenvalue weighted by atomic mass is 16.6. The van der Waals surface area contributed by atoms with Gasteiger partial charge >= 0.3 is 0 Å². The molecule has 4 nitrogen and oxygen atoms in total. The number of carbonyl (C=O) groups is 1. The van der Waals surface area contributed by atoms with Crippen molar-refractivity contribution in [2.45, 2.75) is 78.2 Å². The normalized spacial score (nSPS) is 51.3. The Bertz CT molecular complexity index is 657. The number of Topliss-reactive ketones (excluding diaryl/α,β-unsaturated/α-hetero) is 1. The van der Waals surface area contributed by atoms with Crippen LogP contribution in [0, 0.1) is 40.4 Å². The van der Waals surface area contributed by atoms with Gasteiger partial charge in [0.15, 0.2) is 6.10 Å². The van der Waals surface area contributed by atoms with E-state index in [1.54, 1.807) is 0 Å². The molecule has 7 atom stereocenters. The predicted octanol–water partition coefficient (Wildman–Crippen LogP) is 4.19. The molecule has 1 heterocycles. The number of hydrogen-bond donors (Lipinski definition) is 1. The molecule has 5 fully saturated rings. The van der Waals surface area contributed by atoms with Gasteiger partial charge in [-0.1, -0.05) is 25.9 Å². The second-order valence-corrected chi connectivity index (χ2v) is 10.9. The number of hydrogen-bond acceptors (Lipinski definition) is 4. The highest BCUT2D eigenvalue weighted by Gasteiger charge is 2.61. The average Bonchev–Trinajstić information content (AvgIpc) is 2.90. The molecule has 27 heavy (non-hydrogen) atoms. The Morgan fingerprint density at radius 1 is 1.07 bits per heavy atom. The summed E-state index contributed by atoms with van der Waals surface area (Å²) in [7, 11) is 0. The molecule has 4 saturated carbocycles. The van der Waals surface area contributed by atoms with Gasteiger partial charge in [0, 0.05) is 24.9 Å². The van der Waals surface area contributed by atoms with Crippen molar-refractivity contribution in [3.8, 4) is 0 Å². The maximum Gasteiger partial charge on any atom is 0.152 e. The zero-order valence-corrected chi connectivity index (χ0v) is 17.3. The Kier molecular flexibility index (Phi) is 4.24. The SMILES string of the molecule is C[C@H]1C[C@@H]2[C@H](CC[C@]3(C)C(=O)CC[C@@H]23)[C@@]2(C)CCC(=NOC3CNC3)CC12. The third kappa shape index (κ3) is 2.65. The molecule has 150 valence electrons. The molecule has 0 aromatic heterocycles. The van der Waals surface area contributed by atoms with Crippen molar-refractivity contribution < 1.29 is 9.63 Å². The zero-order chi connectivity index (χ0) is 18.8. The van der Waals surface area contributed by atoms with Crippen LogP contribution in [0.5, 0.6) is 0 Å². The second kappa shape index (κ2) is 6.30. The monoisotopic (exact) mass is 372 g/mol. The van der Waals surface area contributed by atoms with Gasteiger partial charge in [0.25, 0.3) is 0 Å². The van der Waals surface area contributed by atoms with E-state index >= 15 is 0 Å². The molecule has 1 aliphatic heterocycles. The molecular formula is C23H36N2O2. The van der Waals surface area contributed by atoms with Crippen LogP contribution in [0.15, 0.2) is 5.16 Å². The summed E-state index contributed by atoms with van der Waals surface area (Å²) in [5, 5.41) is 7.82. The van der Waals surface area contributed by atoms with Gasteiger partial charge in [-0.3, -0.25) is 4.79 Å². The smallest absolute Gasteiger partial charge is 0.152 e. The first-order valence-electron chi connectivity index (χ1n) is 11.4. The quantitative estimate of drug-likeness (QED) is 0.740. The highest BCUT2D eigenvalue weighted by molar-refractivity contribution is 5.87. The van der Waals surface area contributed by atoms with E-state index in [0.717, 1.165) is 68.9 Å². The van der Waals surface area contributed by atoms with E-state index in [4.69, 9.17) is 4.84 Å². The van der Waals surface area contributed by atoms with E-state index in [1.807, 2.05) is 0 Å². The topological polar surface area (TPSA) is 50.7 Å². The Morgan fingerprint density at radius 2 is 1.89 bits per heavy atom. The van der Waals surface area contributed by atoms with Gasteiger partial charge in [0.05, 0.1) is 5.71 Å². The Hall–Kier alpha value is -0.900. The van der Waals surface area contributed by atoms with E-state index in [9.17, 15) is 4.79 Å². The fourth-order valence-electron chi connectivity index (χ4n) is 7.87. The summed E-state index contributed by atoms with van der Waals surface area (Å²) < 4.78 is 0. The Labute approximate surface area is 163 Å². The summed E-state index contributed by atoms with van der Waals surface area (Å²) in [6.45, 7) is 9.23. The molecule has 4 aliphatic carbocycles. The summed E-state index contributed by atoms with van der Waals surface area (Å²) in [5.74, 6) is 4.24. The molecule has 1 saturated heterocycles. The van der Waals surface area contributed by atoms with Crippen LogP contribution in [0.4, 0.5) is 0 Å². The third-order valence-electron chi connectivity index (χ3n) is 9.65. The number of ketones is 1. The van der Waals surface area contributed by atoms with Crippen molar-refractivity contribution in [3.63, 3.8) is 0 Å². The number of nitrogens with one attached hydrogen (secondary N) is 1. The van der Waals surface area contributed by atoms with Crippen molar-refractivity contribution in [3.05, 3.63) is 0 Å². The Balaban J connectivity index is 1.36. The summed E-state index contributed by atoms with van der Waals surface area (Å²) in [5.41, 5.74) is 1.72. The van der Waals surface area contributed by atoms with E-state index in [1.165, 1.54) is 25.0 Å². The molecule has 1 unspecified atom stereocenters. The number of nitrogens with zero attached hydrogens (tertiary/aromatic N) is 1. The number of rotatable bonds is 2. The maximum atomic E-state index is 12.6. The number of carbonyl (C=O) groups excluding carboxylic acids is 1. The summed E-state index contributed by atoms with van der Waals surface area (Å²) in [4.78, 5) is 18.4. The number of oxime groups is 1. The summed E-state index contributed by atoms with van der Waals surface area (Å²) in [6, 6.07) is 0. The van der Waals surface area contributed by atoms with Crippen LogP contribution in [0.2, 0.25) is 0 Å². The van der Waals surface area contributed by atoms with E-state index in [-0.39, 0.29) is 11.5 Å². The zero-order valence-electron chi connectivity index (χ0n) is 17.3. The molecule has 0 aromatic rings. The second-order valence-electron chi connectivity index (χ2n) is 10.9. The minimum Gasteiger partial charge on any atom is -0.390 e. The fourth-order valence-corrected chi connectivity index (χ4v) is 7.87. The molecule has 1 N–H and O–H groups in total. The summed E-state index contributed by atoms with van der Waals surface area (Å²) >= 11 is 0. The van der Waals surface area contributed by atoms with E-state index in [0.29, 0.717) is 17.1 Å². The van der Waals surface area contributed by atoms with Gasteiger partial charge in [-0.2, -0.15) is 0 Å². The minimum atomic E-state index is -0.00395. The fraction of sp³-hybridized carbons (Fsp3) is 0.913. The molecule has 0 amide bonds. The van der Waals surface area contributed by atoms with Crippen molar-refractivity contribution in [1.29, 1.82) is 0 Å². The highest BCUT2D eigenvalue weighted by Crippen LogP contribution is 2.66. The molecule has 0 radical (unpaired) electrons. The first-order valence-corrected chi connectivity index (χ1v) is 11.4. The van der Waals surface area contributed by atoms with Gasteiger partial charge in [0.2, 0.25) is 0 Å². The van der Waals surface area contributed by atoms with Gasteiger partial charge in [-0.05, 0) is 80.0 Å². The van der Waals surface area contributed by atoms with Crippen molar-refractivity contribution in [1.82, 2.24) is 5.32 Å². The first kappa shape index (κ1) is 18.1. The molecule has 4 heteroatoms. The van der Waals surface area contributed by atoms with Crippen LogP contribution in [0.3, 0.4) is 0 Å². The van der Waals surface area contributed by atoms with E-state index < -0.39 is 0 Å². The molecule has 0 aromatic carbocycles. The molecule has 5 rings (SSSR count). The lowest BCUT2D eigenvalue weighted by atomic mass is 9.43. The first-order chi connectivity index (χ1) is 12.9. The van der Waals surface area contributed by atoms with E-state index in [2.05, 4.69) is 31.2 Å². The van der Waals surface area contributed by atoms with Crippen LogP contribution < -0.4 is 5.32 Å². The average molecular weight is 373 g/mol. The largest absolute Gasteiger partial charge is 0.390 e. The molecule has 0 bridgehead atoms. The Morgan fingerprint density at radius 3 is 2.63 bits per heavy atom. The van der Waals surface area contributed by atoms with Crippen LogP contribution >= 0.6 is 0 Å². The van der Waals surface area contributed by atoms with Crippen LogP contribution in [-0.2, 0) is 9.63 Å². The maximum absolute atomic E-state index is 12.6. The van der Waals surface area contributed by atoms with Crippen LogP contribution in [0.1, 0.15) is 72.1 Å². The van der Waals surface area contributed by atoms with Crippen LogP contribution in [0.25, 0.3) is 0 Å². The van der Waals surface area contributed by atoms with Crippen LogP contribution in [-0.4, -0.2) is 30.7 Å². The van der Waals surface area contributed by atoms with Crippen molar-refractivity contribution >= 4 is 11.5 Å². The standard InChI is InChI=1S/C23H36N2O2/c1-14-10-17-18-4-5-21(26)23(18,3)9-7-19(17)22(2)8-6-15(11-20(14)22)25-27-16-12-24-13-16/h14,16-20,24H,4-13H2,1-3H3/t14-,17-,18-,19-,20?,22+,23-/m0/s1.